The van der Waals surface area contributed by atoms with Gasteiger partial charge in [0.2, 0.25) is 5.91 Å². The molecule has 104 valence electrons. The van der Waals surface area contributed by atoms with Gasteiger partial charge in [0, 0.05) is 35.7 Å². The number of nitrogens with one attached hydrogen (secondary N) is 1. The van der Waals surface area contributed by atoms with Gasteiger partial charge in [0.15, 0.2) is 0 Å². The van der Waals surface area contributed by atoms with Gasteiger partial charge in [0.05, 0.1) is 13.5 Å². The van der Waals surface area contributed by atoms with E-state index in [9.17, 15) is 4.79 Å². The lowest BCUT2D eigenvalue weighted by atomic mass is 10.1. The Balaban J connectivity index is 2.06. The minimum atomic E-state index is 0.161. The Kier molecular flexibility index (Phi) is 4.82. The van der Waals surface area contributed by atoms with E-state index in [0.717, 1.165) is 35.4 Å². The highest BCUT2D eigenvalue weighted by molar-refractivity contribution is 9.10. The number of halogens is 1. The third kappa shape index (κ3) is 3.70. The topological polar surface area (TPSA) is 41.6 Å². The molecule has 0 spiro atoms. The van der Waals surface area contributed by atoms with Gasteiger partial charge in [-0.25, -0.2) is 0 Å². The van der Waals surface area contributed by atoms with Crippen LogP contribution in [0.4, 0.5) is 0 Å². The first-order valence-corrected chi connectivity index (χ1v) is 7.23. The standard InChI is InChI=1S/C14H19BrN2O2/c1-10-9-17(6-5-16-10)14(18)7-11-3-4-12(15)8-13(11)19-2/h3-4,8,10,16H,5-7,9H2,1-2H3/t10-/m0/s1. The van der Waals surface area contributed by atoms with E-state index in [1.54, 1.807) is 7.11 Å². The number of piperazine rings is 1. The molecule has 19 heavy (non-hydrogen) atoms. The number of ether oxygens (including phenoxy) is 1. The molecule has 2 rings (SSSR count). The maximum Gasteiger partial charge on any atom is 0.227 e. The van der Waals surface area contributed by atoms with Crippen molar-refractivity contribution in [2.24, 2.45) is 0 Å². The van der Waals surface area contributed by atoms with Gasteiger partial charge in [0.1, 0.15) is 5.75 Å². The first-order valence-electron chi connectivity index (χ1n) is 6.43. The highest BCUT2D eigenvalue weighted by atomic mass is 79.9. The Hall–Kier alpha value is -1.07. The highest BCUT2D eigenvalue weighted by Crippen LogP contribution is 2.24. The normalized spacial score (nSPS) is 19.3. The molecular formula is C14H19BrN2O2. The predicted molar refractivity (Wildman–Crippen MR) is 78.4 cm³/mol. The lowest BCUT2D eigenvalue weighted by Gasteiger charge is -2.32. The zero-order valence-electron chi connectivity index (χ0n) is 11.3. The molecule has 4 nitrogen and oxygen atoms in total. The third-order valence-corrected chi connectivity index (χ3v) is 3.81. The van der Waals surface area contributed by atoms with E-state index >= 15 is 0 Å². The maximum atomic E-state index is 12.3. The fourth-order valence-corrected chi connectivity index (χ4v) is 2.64. The van der Waals surface area contributed by atoms with E-state index in [1.807, 2.05) is 23.1 Å². The summed E-state index contributed by atoms with van der Waals surface area (Å²) in [5.74, 6) is 0.917. The number of rotatable bonds is 3. The smallest absolute Gasteiger partial charge is 0.227 e. The van der Waals surface area contributed by atoms with Gasteiger partial charge in [-0.05, 0) is 19.1 Å². The molecule has 1 amide bonds. The SMILES string of the molecule is COc1cc(Br)ccc1CC(=O)N1CCN[C@@H](C)C1. The van der Waals surface area contributed by atoms with Gasteiger partial charge in [-0.3, -0.25) is 4.79 Å². The van der Waals surface area contributed by atoms with Gasteiger partial charge in [-0.1, -0.05) is 22.0 Å². The summed E-state index contributed by atoms with van der Waals surface area (Å²) in [5, 5.41) is 3.34. The van der Waals surface area contributed by atoms with E-state index in [0.29, 0.717) is 12.5 Å². The lowest BCUT2D eigenvalue weighted by molar-refractivity contribution is -0.131. The van der Waals surface area contributed by atoms with Crippen molar-refractivity contribution in [1.82, 2.24) is 10.2 Å². The summed E-state index contributed by atoms with van der Waals surface area (Å²) in [6.45, 7) is 4.52. The Morgan fingerprint density at radius 1 is 1.58 bits per heavy atom. The minimum Gasteiger partial charge on any atom is -0.496 e. The summed E-state index contributed by atoms with van der Waals surface area (Å²) in [6, 6.07) is 6.13. The molecule has 1 aromatic carbocycles. The number of carbonyl (C=O) groups excluding carboxylic acids is 1. The second-order valence-electron chi connectivity index (χ2n) is 4.83. The van der Waals surface area contributed by atoms with Crippen LogP contribution in [-0.4, -0.2) is 43.6 Å². The number of benzene rings is 1. The van der Waals surface area contributed by atoms with Gasteiger partial charge in [0.25, 0.3) is 0 Å². The van der Waals surface area contributed by atoms with Crippen LogP contribution in [0.5, 0.6) is 5.75 Å². The average Bonchev–Trinajstić information content (AvgIpc) is 2.40. The van der Waals surface area contributed by atoms with Crippen LogP contribution < -0.4 is 10.1 Å². The average molecular weight is 327 g/mol. The van der Waals surface area contributed by atoms with Crippen LogP contribution in [0.15, 0.2) is 22.7 Å². The van der Waals surface area contributed by atoms with Crippen molar-refractivity contribution in [3.8, 4) is 5.75 Å². The summed E-state index contributed by atoms with van der Waals surface area (Å²) >= 11 is 3.40. The van der Waals surface area contributed by atoms with Gasteiger partial charge in [-0.15, -0.1) is 0 Å². The first-order chi connectivity index (χ1) is 9.10. The van der Waals surface area contributed by atoms with Crippen LogP contribution in [0, 0.1) is 0 Å². The molecule has 1 fully saturated rings. The van der Waals surface area contributed by atoms with Gasteiger partial charge >= 0.3 is 0 Å². The van der Waals surface area contributed by atoms with Crippen molar-refractivity contribution in [1.29, 1.82) is 0 Å². The molecule has 5 heteroatoms. The fraction of sp³-hybridized carbons (Fsp3) is 0.500. The highest BCUT2D eigenvalue weighted by Gasteiger charge is 2.21. The quantitative estimate of drug-likeness (QED) is 0.921. The molecule has 1 N–H and O–H groups in total. The molecule has 0 aliphatic carbocycles. The molecule has 0 saturated carbocycles. The van der Waals surface area contributed by atoms with Crippen LogP contribution >= 0.6 is 15.9 Å². The predicted octanol–water partition coefficient (Wildman–Crippen LogP) is 1.82. The van der Waals surface area contributed by atoms with E-state index in [4.69, 9.17) is 4.74 Å². The van der Waals surface area contributed by atoms with Crippen molar-refractivity contribution in [3.05, 3.63) is 28.2 Å². The van der Waals surface area contributed by atoms with Crippen molar-refractivity contribution in [2.45, 2.75) is 19.4 Å². The molecular weight excluding hydrogens is 308 g/mol. The Morgan fingerprint density at radius 3 is 3.05 bits per heavy atom. The molecule has 1 aliphatic heterocycles. The Morgan fingerprint density at radius 2 is 2.37 bits per heavy atom. The maximum absolute atomic E-state index is 12.3. The molecule has 0 radical (unpaired) electrons. The van der Waals surface area contributed by atoms with Crippen LogP contribution in [0.1, 0.15) is 12.5 Å². The Labute approximate surface area is 122 Å². The first kappa shape index (κ1) is 14.3. The molecule has 1 aliphatic rings. The summed E-state index contributed by atoms with van der Waals surface area (Å²) < 4.78 is 6.28. The van der Waals surface area contributed by atoms with E-state index in [-0.39, 0.29) is 5.91 Å². The molecule has 1 saturated heterocycles. The minimum absolute atomic E-state index is 0.161. The van der Waals surface area contributed by atoms with Crippen LogP contribution in [0.3, 0.4) is 0 Å². The van der Waals surface area contributed by atoms with Gasteiger partial charge in [-0.2, -0.15) is 0 Å². The number of carbonyl (C=O) groups is 1. The van der Waals surface area contributed by atoms with E-state index < -0.39 is 0 Å². The second kappa shape index (κ2) is 6.39. The van der Waals surface area contributed by atoms with Crippen LogP contribution in [-0.2, 0) is 11.2 Å². The summed E-state index contributed by atoms with van der Waals surface area (Å²) in [7, 11) is 1.63. The van der Waals surface area contributed by atoms with Crippen LogP contribution in [0.2, 0.25) is 0 Å². The summed E-state index contributed by atoms with van der Waals surface area (Å²) in [5.41, 5.74) is 0.932. The number of hydrogen-bond donors (Lipinski definition) is 1. The number of nitrogens with zero attached hydrogens (tertiary/aromatic N) is 1. The van der Waals surface area contributed by atoms with Crippen LogP contribution in [0.25, 0.3) is 0 Å². The molecule has 1 heterocycles. The van der Waals surface area contributed by atoms with Crippen molar-refractivity contribution >= 4 is 21.8 Å². The van der Waals surface area contributed by atoms with Crippen molar-refractivity contribution < 1.29 is 9.53 Å². The molecule has 1 atom stereocenters. The molecule has 0 bridgehead atoms. The zero-order chi connectivity index (χ0) is 13.8. The second-order valence-corrected chi connectivity index (χ2v) is 5.74. The van der Waals surface area contributed by atoms with Gasteiger partial charge < -0.3 is 15.0 Å². The Bertz CT molecular complexity index is 465. The zero-order valence-corrected chi connectivity index (χ0v) is 12.9. The van der Waals surface area contributed by atoms with Crippen molar-refractivity contribution in [2.75, 3.05) is 26.7 Å². The van der Waals surface area contributed by atoms with Crippen molar-refractivity contribution in [3.63, 3.8) is 0 Å². The monoisotopic (exact) mass is 326 g/mol. The number of methoxy groups -OCH3 is 1. The summed E-state index contributed by atoms with van der Waals surface area (Å²) in [4.78, 5) is 14.2. The molecule has 0 unspecified atom stereocenters. The number of amides is 1. The van der Waals surface area contributed by atoms with E-state index in [2.05, 4.69) is 28.2 Å². The number of hydrogen-bond acceptors (Lipinski definition) is 3. The van der Waals surface area contributed by atoms with E-state index in [1.165, 1.54) is 0 Å². The molecule has 0 aromatic heterocycles. The lowest BCUT2D eigenvalue weighted by Crippen LogP contribution is -2.51. The fourth-order valence-electron chi connectivity index (χ4n) is 2.30. The largest absolute Gasteiger partial charge is 0.496 e. The third-order valence-electron chi connectivity index (χ3n) is 3.31. The molecule has 1 aromatic rings. The summed E-state index contributed by atoms with van der Waals surface area (Å²) in [6.07, 6.45) is 0.392.